The van der Waals surface area contributed by atoms with E-state index in [1.165, 1.54) is 30.5 Å². The van der Waals surface area contributed by atoms with Crippen molar-refractivity contribution in [3.05, 3.63) is 60.2 Å². The molecule has 2 atom stereocenters. The summed E-state index contributed by atoms with van der Waals surface area (Å²) >= 11 is 0. The third-order valence-corrected chi connectivity index (χ3v) is 5.41. The molecule has 0 aromatic heterocycles. The summed E-state index contributed by atoms with van der Waals surface area (Å²) in [5.41, 5.74) is 3.40. The van der Waals surface area contributed by atoms with Gasteiger partial charge >= 0.3 is 0 Å². The SMILES string of the molecule is O=C(Cc1ccc(-c2ccccc2)cc1)NC[C@H]1CN2CCC[C@H]2CO1. The van der Waals surface area contributed by atoms with Crippen molar-refractivity contribution in [1.29, 1.82) is 0 Å². The predicted molar refractivity (Wildman–Crippen MR) is 103 cm³/mol. The molecule has 2 aliphatic rings. The summed E-state index contributed by atoms with van der Waals surface area (Å²) < 4.78 is 5.90. The van der Waals surface area contributed by atoms with E-state index in [0.29, 0.717) is 19.0 Å². The van der Waals surface area contributed by atoms with Crippen molar-refractivity contribution in [3.8, 4) is 11.1 Å². The number of rotatable bonds is 5. The minimum atomic E-state index is 0.0598. The van der Waals surface area contributed by atoms with Crippen molar-refractivity contribution >= 4 is 5.91 Å². The van der Waals surface area contributed by atoms with Gasteiger partial charge in [-0.2, -0.15) is 0 Å². The van der Waals surface area contributed by atoms with Gasteiger partial charge in [-0.3, -0.25) is 9.69 Å². The number of ether oxygens (including phenoxy) is 1. The van der Waals surface area contributed by atoms with Gasteiger partial charge in [-0.05, 0) is 36.1 Å². The van der Waals surface area contributed by atoms with E-state index in [-0.39, 0.29) is 12.0 Å². The van der Waals surface area contributed by atoms with Crippen LogP contribution in [0.5, 0.6) is 0 Å². The number of carbonyl (C=O) groups is 1. The molecule has 136 valence electrons. The normalized spacial score (nSPS) is 22.8. The first-order chi connectivity index (χ1) is 12.8. The van der Waals surface area contributed by atoms with Crippen LogP contribution in [0.1, 0.15) is 18.4 Å². The summed E-state index contributed by atoms with van der Waals surface area (Å²) in [5.74, 6) is 0.0598. The molecule has 26 heavy (non-hydrogen) atoms. The minimum absolute atomic E-state index is 0.0598. The first kappa shape index (κ1) is 17.3. The Balaban J connectivity index is 1.26. The average molecular weight is 350 g/mol. The fourth-order valence-corrected chi connectivity index (χ4v) is 3.93. The van der Waals surface area contributed by atoms with Crippen molar-refractivity contribution < 1.29 is 9.53 Å². The predicted octanol–water partition coefficient (Wildman–Crippen LogP) is 2.88. The molecule has 2 aliphatic heterocycles. The lowest BCUT2D eigenvalue weighted by Crippen LogP contribution is -2.50. The Morgan fingerprint density at radius 2 is 1.85 bits per heavy atom. The van der Waals surface area contributed by atoms with Gasteiger partial charge in [0.1, 0.15) is 0 Å². The molecule has 4 rings (SSSR count). The Morgan fingerprint density at radius 3 is 2.65 bits per heavy atom. The van der Waals surface area contributed by atoms with Gasteiger partial charge in [-0.25, -0.2) is 0 Å². The maximum atomic E-state index is 12.3. The van der Waals surface area contributed by atoms with E-state index < -0.39 is 0 Å². The molecule has 1 N–H and O–H groups in total. The molecule has 2 aromatic carbocycles. The smallest absolute Gasteiger partial charge is 0.224 e. The molecule has 1 amide bonds. The maximum Gasteiger partial charge on any atom is 0.224 e. The van der Waals surface area contributed by atoms with Crippen LogP contribution in [0.3, 0.4) is 0 Å². The first-order valence-corrected chi connectivity index (χ1v) is 9.54. The second-order valence-corrected chi connectivity index (χ2v) is 7.29. The summed E-state index contributed by atoms with van der Waals surface area (Å²) in [4.78, 5) is 14.8. The van der Waals surface area contributed by atoms with E-state index in [0.717, 1.165) is 18.7 Å². The van der Waals surface area contributed by atoms with Gasteiger partial charge in [0.15, 0.2) is 0 Å². The summed E-state index contributed by atoms with van der Waals surface area (Å²) in [6, 6.07) is 19.1. The minimum Gasteiger partial charge on any atom is -0.373 e. The van der Waals surface area contributed by atoms with E-state index in [1.54, 1.807) is 0 Å². The number of nitrogens with zero attached hydrogens (tertiary/aromatic N) is 1. The lowest BCUT2D eigenvalue weighted by Gasteiger charge is -2.35. The molecular weight excluding hydrogens is 324 g/mol. The van der Waals surface area contributed by atoms with E-state index in [9.17, 15) is 4.79 Å². The van der Waals surface area contributed by atoms with E-state index in [1.807, 2.05) is 30.3 Å². The molecule has 4 nitrogen and oxygen atoms in total. The Morgan fingerprint density at radius 1 is 1.08 bits per heavy atom. The molecule has 2 saturated heterocycles. The number of carbonyl (C=O) groups excluding carboxylic acids is 1. The second-order valence-electron chi connectivity index (χ2n) is 7.29. The largest absolute Gasteiger partial charge is 0.373 e. The highest BCUT2D eigenvalue weighted by molar-refractivity contribution is 5.78. The quantitative estimate of drug-likeness (QED) is 0.902. The highest BCUT2D eigenvalue weighted by atomic mass is 16.5. The number of fused-ring (bicyclic) bond motifs is 1. The Bertz CT molecular complexity index is 730. The molecule has 0 bridgehead atoms. The van der Waals surface area contributed by atoms with Crippen LogP contribution in [0.4, 0.5) is 0 Å². The first-order valence-electron chi connectivity index (χ1n) is 9.54. The molecular formula is C22H26N2O2. The monoisotopic (exact) mass is 350 g/mol. The summed E-state index contributed by atoms with van der Waals surface area (Å²) in [6.07, 6.45) is 3.05. The van der Waals surface area contributed by atoms with Crippen molar-refractivity contribution in [2.75, 3.05) is 26.2 Å². The molecule has 4 heteroatoms. The highest BCUT2D eigenvalue weighted by Crippen LogP contribution is 2.22. The van der Waals surface area contributed by atoms with Gasteiger partial charge in [0.2, 0.25) is 5.91 Å². The number of amides is 1. The van der Waals surface area contributed by atoms with E-state index >= 15 is 0 Å². The zero-order valence-corrected chi connectivity index (χ0v) is 15.1. The van der Waals surface area contributed by atoms with Crippen LogP contribution in [0.2, 0.25) is 0 Å². The molecule has 0 radical (unpaired) electrons. The van der Waals surface area contributed by atoms with Crippen LogP contribution >= 0.6 is 0 Å². The van der Waals surface area contributed by atoms with Gasteiger partial charge in [0.05, 0.1) is 19.1 Å². The van der Waals surface area contributed by atoms with Crippen molar-refractivity contribution in [2.24, 2.45) is 0 Å². The van der Waals surface area contributed by atoms with E-state index in [2.05, 4.69) is 34.5 Å². The summed E-state index contributed by atoms with van der Waals surface area (Å²) in [6.45, 7) is 3.52. The van der Waals surface area contributed by atoms with Gasteiger partial charge in [-0.1, -0.05) is 54.6 Å². The summed E-state index contributed by atoms with van der Waals surface area (Å²) in [5, 5.41) is 3.04. The number of benzene rings is 2. The Kier molecular flexibility index (Phi) is 5.32. The molecule has 0 unspecified atom stereocenters. The van der Waals surface area contributed by atoms with Crippen molar-refractivity contribution in [1.82, 2.24) is 10.2 Å². The van der Waals surface area contributed by atoms with Gasteiger partial charge < -0.3 is 10.1 Å². The number of hydrogen-bond donors (Lipinski definition) is 1. The molecule has 2 heterocycles. The third kappa shape index (κ3) is 4.14. The lowest BCUT2D eigenvalue weighted by atomic mass is 10.0. The lowest BCUT2D eigenvalue weighted by molar-refractivity contribution is -0.121. The fourth-order valence-electron chi connectivity index (χ4n) is 3.93. The topological polar surface area (TPSA) is 41.6 Å². The van der Waals surface area contributed by atoms with Gasteiger partial charge in [-0.15, -0.1) is 0 Å². The maximum absolute atomic E-state index is 12.3. The van der Waals surface area contributed by atoms with Crippen LogP contribution in [-0.4, -0.2) is 49.2 Å². The number of hydrogen-bond acceptors (Lipinski definition) is 3. The second kappa shape index (κ2) is 8.02. The standard InChI is InChI=1S/C22H26N2O2/c25-22(23-14-21-15-24-12-4-7-20(24)16-26-21)13-17-8-10-19(11-9-17)18-5-2-1-3-6-18/h1-3,5-6,8-11,20-21H,4,7,12-16H2,(H,23,25)/t20-,21-/m0/s1. The van der Waals surface area contributed by atoms with Crippen molar-refractivity contribution in [3.63, 3.8) is 0 Å². The van der Waals surface area contributed by atoms with Crippen molar-refractivity contribution in [2.45, 2.75) is 31.4 Å². The zero-order valence-electron chi connectivity index (χ0n) is 15.1. The molecule has 0 spiro atoms. The van der Waals surface area contributed by atoms with Crippen LogP contribution in [0.25, 0.3) is 11.1 Å². The Labute approximate surface area is 155 Å². The summed E-state index contributed by atoms with van der Waals surface area (Å²) in [7, 11) is 0. The van der Waals surface area contributed by atoms with Crippen LogP contribution in [0.15, 0.2) is 54.6 Å². The van der Waals surface area contributed by atoms with Crippen LogP contribution < -0.4 is 5.32 Å². The average Bonchev–Trinajstić information content (AvgIpc) is 3.15. The third-order valence-electron chi connectivity index (χ3n) is 5.41. The molecule has 0 aliphatic carbocycles. The van der Waals surface area contributed by atoms with Crippen LogP contribution in [-0.2, 0) is 16.0 Å². The Hall–Kier alpha value is -2.17. The fraction of sp³-hybridized carbons (Fsp3) is 0.409. The van der Waals surface area contributed by atoms with Gasteiger partial charge in [0.25, 0.3) is 0 Å². The zero-order chi connectivity index (χ0) is 17.8. The molecule has 0 saturated carbocycles. The molecule has 2 fully saturated rings. The van der Waals surface area contributed by atoms with Crippen LogP contribution in [0, 0.1) is 0 Å². The number of nitrogens with one attached hydrogen (secondary N) is 1. The highest BCUT2D eigenvalue weighted by Gasteiger charge is 2.32. The van der Waals surface area contributed by atoms with E-state index in [4.69, 9.17) is 4.74 Å². The number of morpholine rings is 1. The molecule has 2 aromatic rings. The van der Waals surface area contributed by atoms with Gasteiger partial charge in [0, 0.05) is 19.1 Å².